The second kappa shape index (κ2) is 7.46. The fourth-order valence-corrected chi connectivity index (χ4v) is 5.58. The maximum atomic E-state index is 12.7. The maximum Gasteiger partial charge on any atom is 0.255 e. The number of piperidine rings is 1. The lowest BCUT2D eigenvalue weighted by molar-refractivity contribution is 0.242. The Morgan fingerprint density at radius 3 is 2.96 bits per heavy atom. The highest BCUT2D eigenvalue weighted by molar-refractivity contribution is 7.88. The quantitative estimate of drug-likeness (QED) is 0.829. The number of thiophene rings is 1. The first-order valence-corrected chi connectivity index (χ1v) is 11.9. The van der Waals surface area contributed by atoms with E-state index in [1.54, 1.807) is 11.3 Å². The molecule has 9 heteroatoms. The highest BCUT2D eigenvalue weighted by Crippen LogP contribution is 2.27. The average Bonchev–Trinajstić information content (AvgIpc) is 3.14. The van der Waals surface area contributed by atoms with Gasteiger partial charge in [-0.3, -0.25) is 9.69 Å². The van der Waals surface area contributed by atoms with E-state index < -0.39 is 10.0 Å². The Hall–Kier alpha value is -1.55. The SMILES string of the molecule is CS(=O)(=O)N1CCCC(c2nc3c(c(=O)[nH]2)CN(Cc2cccs2)CC3)C1. The van der Waals surface area contributed by atoms with E-state index in [4.69, 9.17) is 4.98 Å². The van der Waals surface area contributed by atoms with Gasteiger partial charge in [-0.1, -0.05) is 6.07 Å². The third kappa shape index (κ3) is 4.16. The third-order valence-corrected chi connectivity index (χ3v) is 7.50. The minimum atomic E-state index is -3.22. The molecule has 0 spiro atoms. The van der Waals surface area contributed by atoms with Crippen molar-refractivity contribution >= 4 is 21.4 Å². The molecule has 2 aromatic heterocycles. The fourth-order valence-electron chi connectivity index (χ4n) is 3.92. The Morgan fingerprint density at radius 1 is 1.37 bits per heavy atom. The van der Waals surface area contributed by atoms with Gasteiger partial charge in [-0.05, 0) is 24.3 Å². The lowest BCUT2D eigenvalue weighted by Crippen LogP contribution is -2.40. The zero-order valence-electron chi connectivity index (χ0n) is 15.3. The zero-order valence-corrected chi connectivity index (χ0v) is 17.0. The molecule has 1 atom stereocenters. The molecule has 2 aliphatic rings. The largest absolute Gasteiger partial charge is 0.310 e. The van der Waals surface area contributed by atoms with Crippen LogP contribution in [0.4, 0.5) is 0 Å². The Labute approximate surface area is 163 Å². The van der Waals surface area contributed by atoms with Crippen molar-refractivity contribution in [3.05, 3.63) is 49.8 Å². The number of hydrogen-bond acceptors (Lipinski definition) is 6. The molecule has 1 N–H and O–H groups in total. The maximum absolute atomic E-state index is 12.7. The average molecular weight is 409 g/mol. The van der Waals surface area contributed by atoms with Crippen LogP contribution >= 0.6 is 11.3 Å². The van der Waals surface area contributed by atoms with Crippen LogP contribution in [0.3, 0.4) is 0 Å². The van der Waals surface area contributed by atoms with Crippen LogP contribution in [0.15, 0.2) is 22.3 Å². The van der Waals surface area contributed by atoms with Crippen molar-refractivity contribution in [3.8, 4) is 0 Å². The molecule has 2 aliphatic heterocycles. The lowest BCUT2D eigenvalue weighted by atomic mass is 9.98. The second-order valence-electron chi connectivity index (χ2n) is 7.38. The normalized spacial score (nSPS) is 21.9. The number of nitrogens with zero attached hydrogens (tertiary/aromatic N) is 3. The van der Waals surface area contributed by atoms with Crippen LogP contribution in [0.25, 0.3) is 0 Å². The van der Waals surface area contributed by atoms with Crippen LogP contribution in [0.5, 0.6) is 0 Å². The molecule has 2 aromatic rings. The van der Waals surface area contributed by atoms with Crippen molar-refractivity contribution < 1.29 is 8.42 Å². The molecule has 0 aliphatic carbocycles. The first kappa shape index (κ1) is 18.8. The Balaban J connectivity index is 1.53. The molecule has 4 heterocycles. The molecule has 7 nitrogen and oxygen atoms in total. The van der Waals surface area contributed by atoms with E-state index in [1.165, 1.54) is 15.4 Å². The number of aromatic amines is 1. The van der Waals surface area contributed by atoms with E-state index >= 15 is 0 Å². The first-order valence-electron chi connectivity index (χ1n) is 9.22. The number of nitrogens with one attached hydrogen (secondary N) is 1. The number of aromatic nitrogens is 2. The van der Waals surface area contributed by atoms with Crippen LogP contribution in [0.2, 0.25) is 0 Å². The van der Waals surface area contributed by atoms with Crippen LogP contribution in [-0.2, 0) is 29.5 Å². The van der Waals surface area contributed by atoms with E-state index in [-0.39, 0.29) is 11.5 Å². The number of hydrogen-bond donors (Lipinski definition) is 1. The highest BCUT2D eigenvalue weighted by Gasteiger charge is 2.30. The summed E-state index contributed by atoms with van der Waals surface area (Å²) in [6.45, 7) is 3.27. The molecule has 0 aromatic carbocycles. The highest BCUT2D eigenvalue weighted by atomic mass is 32.2. The van der Waals surface area contributed by atoms with Crippen molar-refractivity contribution in [2.45, 2.75) is 38.3 Å². The molecule has 0 bridgehead atoms. The fraction of sp³-hybridized carbons (Fsp3) is 0.556. The predicted molar refractivity (Wildman–Crippen MR) is 105 cm³/mol. The number of rotatable bonds is 4. The monoisotopic (exact) mass is 408 g/mol. The van der Waals surface area contributed by atoms with Crippen molar-refractivity contribution in [1.29, 1.82) is 0 Å². The summed E-state index contributed by atoms with van der Waals surface area (Å²) >= 11 is 1.73. The Bertz CT molecular complexity index is 969. The molecule has 1 saturated heterocycles. The van der Waals surface area contributed by atoms with Crippen molar-refractivity contribution in [3.63, 3.8) is 0 Å². The molecule has 1 unspecified atom stereocenters. The van der Waals surface area contributed by atoms with Gasteiger partial charge in [0.25, 0.3) is 5.56 Å². The summed E-state index contributed by atoms with van der Waals surface area (Å²) in [4.78, 5) is 24.0. The molecule has 0 saturated carbocycles. The zero-order chi connectivity index (χ0) is 19.0. The minimum absolute atomic E-state index is 0.0457. The van der Waals surface area contributed by atoms with Gasteiger partial charge < -0.3 is 4.98 Å². The molecular weight excluding hydrogens is 384 g/mol. The Morgan fingerprint density at radius 2 is 2.22 bits per heavy atom. The van der Waals surface area contributed by atoms with Gasteiger partial charge in [0, 0.05) is 49.9 Å². The smallest absolute Gasteiger partial charge is 0.255 e. The van der Waals surface area contributed by atoms with E-state index in [0.29, 0.717) is 25.5 Å². The number of H-pyrrole nitrogens is 1. The summed E-state index contributed by atoms with van der Waals surface area (Å²) in [6.07, 6.45) is 3.62. The van der Waals surface area contributed by atoms with Crippen molar-refractivity contribution in [1.82, 2.24) is 19.2 Å². The second-order valence-corrected chi connectivity index (χ2v) is 10.4. The summed E-state index contributed by atoms with van der Waals surface area (Å²) in [5.41, 5.74) is 1.53. The van der Waals surface area contributed by atoms with Crippen LogP contribution in [0.1, 0.15) is 40.7 Å². The first-order chi connectivity index (χ1) is 12.9. The summed E-state index contributed by atoms with van der Waals surface area (Å²) in [5, 5.41) is 2.07. The Kier molecular flexibility index (Phi) is 5.19. The van der Waals surface area contributed by atoms with Crippen LogP contribution in [-0.4, -0.2) is 53.5 Å². The summed E-state index contributed by atoms with van der Waals surface area (Å²) in [6, 6.07) is 4.16. The van der Waals surface area contributed by atoms with Crippen molar-refractivity contribution in [2.24, 2.45) is 0 Å². The summed E-state index contributed by atoms with van der Waals surface area (Å²) in [5.74, 6) is 0.592. The molecule has 1 fully saturated rings. The molecular formula is C18H24N4O3S2. The van der Waals surface area contributed by atoms with E-state index in [1.807, 2.05) is 6.07 Å². The van der Waals surface area contributed by atoms with Crippen molar-refractivity contribution in [2.75, 3.05) is 25.9 Å². The van der Waals surface area contributed by atoms with E-state index in [2.05, 4.69) is 21.3 Å². The van der Waals surface area contributed by atoms with Gasteiger partial charge >= 0.3 is 0 Å². The summed E-state index contributed by atoms with van der Waals surface area (Å²) in [7, 11) is -3.22. The van der Waals surface area contributed by atoms with Gasteiger partial charge in [-0.15, -0.1) is 11.3 Å². The number of sulfonamides is 1. The lowest BCUT2D eigenvalue weighted by Gasteiger charge is -2.31. The predicted octanol–water partition coefficient (Wildman–Crippen LogP) is 1.53. The molecule has 27 heavy (non-hydrogen) atoms. The topological polar surface area (TPSA) is 86.4 Å². The third-order valence-electron chi connectivity index (χ3n) is 5.37. The molecule has 0 amide bonds. The van der Waals surface area contributed by atoms with E-state index in [9.17, 15) is 13.2 Å². The number of fused-ring (bicyclic) bond motifs is 1. The van der Waals surface area contributed by atoms with Gasteiger partial charge in [0.15, 0.2) is 0 Å². The van der Waals surface area contributed by atoms with Gasteiger partial charge in [-0.2, -0.15) is 0 Å². The van der Waals surface area contributed by atoms with Gasteiger partial charge in [0.2, 0.25) is 10.0 Å². The summed E-state index contributed by atoms with van der Waals surface area (Å²) < 4.78 is 25.2. The molecule has 4 rings (SSSR count). The molecule has 0 radical (unpaired) electrons. The van der Waals surface area contributed by atoms with E-state index in [0.717, 1.165) is 43.6 Å². The van der Waals surface area contributed by atoms with Gasteiger partial charge in [0.1, 0.15) is 5.82 Å². The van der Waals surface area contributed by atoms with Crippen LogP contribution in [0, 0.1) is 0 Å². The standard InChI is InChI=1S/C18H24N4O3S2/c1-27(24,25)22-7-2-4-13(10-22)17-19-16-6-8-21(11-14-5-3-9-26-14)12-15(16)18(23)20-17/h3,5,9,13H,2,4,6-8,10-12H2,1H3,(H,19,20,23). The van der Waals surface area contributed by atoms with Gasteiger partial charge in [0.05, 0.1) is 17.5 Å². The van der Waals surface area contributed by atoms with Gasteiger partial charge in [-0.25, -0.2) is 17.7 Å². The minimum Gasteiger partial charge on any atom is -0.310 e. The molecule has 146 valence electrons. The van der Waals surface area contributed by atoms with Crippen LogP contribution < -0.4 is 5.56 Å².